The van der Waals surface area contributed by atoms with Crippen molar-refractivity contribution in [2.24, 2.45) is 0 Å². The molecule has 0 aliphatic rings. The summed E-state index contributed by atoms with van der Waals surface area (Å²) in [5.41, 5.74) is 0.768. The van der Waals surface area contributed by atoms with Gasteiger partial charge in [0.2, 0.25) is 5.75 Å². The summed E-state index contributed by atoms with van der Waals surface area (Å²) in [7, 11) is 3.14. The standard InChI is InChI=1S/C13H20O4/c1-5-10(14)9-7-11(15-3)13(17-6-2)12(8-9)16-4/h7-8,10,14H,5-6H2,1-4H3. The Bertz CT molecular complexity index is 337. The van der Waals surface area contributed by atoms with Crippen LogP contribution in [-0.4, -0.2) is 25.9 Å². The molecule has 0 radical (unpaired) electrons. The first-order chi connectivity index (χ1) is 8.17. The van der Waals surface area contributed by atoms with Crippen molar-refractivity contribution in [1.82, 2.24) is 0 Å². The van der Waals surface area contributed by atoms with Crippen LogP contribution in [0.3, 0.4) is 0 Å². The highest BCUT2D eigenvalue weighted by molar-refractivity contribution is 5.54. The van der Waals surface area contributed by atoms with Crippen molar-refractivity contribution < 1.29 is 19.3 Å². The third-order valence-electron chi connectivity index (χ3n) is 2.54. The molecule has 0 amide bonds. The van der Waals surface area contributed by atoms with E-state index in [1.54, 1.807) is 26.4 Å². The van der Waals surface area contributed by atoms with E-state index in [9.17, 15) is 5.11 Å². The number of aliphatic hydroxyl groups excluding tert-OH is 1. The lowest BCUT2D eigenvalue weighted by atomic mass is 10.1. The molecule has 1 aromatic carbocycles. The Kier molecular flexibility index (Phi) is 5.10. The van der Waals surface area contributed by atoms with Crippen molar-refractivity contribution in [3.05, 3.63) is 17.7 Å². The van der Waals surface area contributed by atoms with Gasteiger partial charge in [0.1, 0.15) is 0 Å². The molecule has 96 valence electrons. The predicted molar refractivity (Wildman–Crippen MR) is 66.0 cm³/mol. The van der Waals surface area contributed by atoms with Gasteiger partial charge in [0.05, 0.1) is 26.9 Å². The van der Waals surface area contributed by atoms with Gasteiger partial charge in [0, 0.05) is 0 Å². The SMILES string of the molecule is CCOc1c(OC)cc(C(O)CC)cc1OC. The molecule has 0 aromatic heterocycles. The normalized spacial score (nSPS) is 12.1. The van der Waals surface area contributed by atoms with Crippen LogP contribution >= 0.6 is 0 Å². The van der Waals surface area contributed by atoms with Crippen LogP contribution in [0.5, 0.6) is 17.2 Å². The molecule has 0 spiro atoms. The largest absolute Gasteiger partial charge is 0.493 e. The van der Waals surface area contributed by atoms with E-state index in [0.717, 1.165) is 5.56 Å². The zero-order valence-electron chi connectivity index (χ0n) is 10.8. The fourth-order valence-corrected chi connectivity index (χ4v) is 1.61. The van der Waals surface area contributed by atoms with Gasteiger partial charge in [-0.25, -0.2) is 0 Å². The number of ether oxygens (including phenoxy) is 3. The lowest BCUT2D eigenvalue weighted by Crippen LogP contribution is -2.02. The van der Waals surface area contributed by atoms with E-state index >= 15 is 0 Å². The molecule has 1 unspecified atom stereocenters. The molecule has 4 nitrogen and oxygen atoms in total. The average molecular weight is 240 g/mol. The van der Waals surface area contributed by atoms with Gasteiger partial charge in [-0.15, -0.1) is 0 Å². The first kappa shape index (κ1) is 13.6. The summed E-state index contributed by atoms with van der Waals surface area (Å²) in [5, 5.41) is 9.84. The van der Waals surface area contributed by atoms with E-state index in [1.165, 1.54) is 0 Å². The van der Waals surface area contributed by atoms with Gasteiger partial charge < -0.3 is 19.3 Å². The summed E-state index contributed by atoms with van der Waals surface area (Å²) in [5.74, 6) is 1.73. The average Bonchev–Trinajstić information content (AvgIpc) is 2.38. The predicted octanol–water partition coefficient (Wildman–Crippen LogP) is 2.55. The Morgan fingerprint density at radius 3 is 2.00 bits per heavy atom. The summed E-state index contributed by atoms with van der Waals surface area (Å²) in [6.45, 7) is 4.34. The second kappa shape index (κ2) is 6.35. The molecule has 1 atom stereocenters. The van der Waals surface area contributed by atoms with Gasteiger partial charge in [-0.05, 0) is 31.0 Å². The van der Waals surface area contributed by atoms with Crippen molar-refractivity contribution >= 4 is 0 Å². The van der Waals surface area contributed by atoms with Crippen molar-refractivity contribution in [2.45, 2.75) is 26.4 Å². The molecule has 0 aliphatic carbocycles. The van der Waals surface area contributed by atoms with Gasteiger partial charge in [-0.1, -0.05) is 6.92 Å². The van der Waals surface area contributed by atoms with Crippen molar-refractivity contribution in [3.63, 3.8) is 0 Å². The van der Waals surface area contributed by atoms with E-state index < -0.39 is 6.10 Å². The first-order valence-electron chi connectivity index (χ1n) is 5.74. The van der Waals surface area contributed by atoms with Crippen LogP contribution in [0.4, 0.5) is 0 Å². The third kappa shape index (κ3) is 3.03. The van der Waals surface area contributed by atoms with Gasteiger partial charge in [0.25, 0.3) is 0 Å². The maximum atomic E-state index is 9.84. The first-order valence-corrected chi connectivity index (χ1v) is 5.74. The van der Waals surface area contributed by atoms with Crippen LogP contribution in [0.15, 0.2) is 12.1 Å². The van der Waals surface area contributed by atoms with Gasteiger partial charge in [0.15, 0.2) is 11.5 Å². The smallest absolute Gasteiger partial charge is 0.203 e. The van der Waals surface area contributed by atoms with Gasteiger partial charge in [-0.3, -0.25) is 0 Å². The molecule has 0 saturated heterocycles. The Hall–Kier alpha value is -1.42. The minimum absolute atomic E-state index is 0.520. The van der Waals surface area contributed by atoms with Crippen LogP contribution in [-0.2, 0) is 0 Å². The molecule has 4 heteroatoms. The van der Waals surface area contributed by atoms with Gasteiger partial charge in [-0.2, -0.15) is 0 Å². The molecule has 1 aromatic rings. The molecule has 1 rings (SSSR count). The number of benzene rings is 1. The van der Waals surface area contributed by atoms with Gasteiger partial charge >= 0.3 is 0 Å². The van der Waals surface area contributed by atoms with E-state index in [2.05, 4.69) is 0 Å². The summed E-state index contributed by atoms with van der Waals surface area (Å²) in [4.78, 5) is 0. The molecule has 0 bridgehead atoms. The van der Waals surface area contributed by atoms with Crippen molar-refractivity contribution in [1.29, 1.82) is 0 Å². The summed E-state index contributed by atoms with van der Waals surface area (Å²) in [6, 6.07) is 3.56. The van der Waals surface area contributed by atoms with Crippen LogP contribution in [0.1, 0.15) is 31.9 Å². The van der Waals surface area contributed by atoms with Crippen molar-refractivity contribution in [2.75, 3.05) is 20.8 Å². The highest BCUT2D eigenvalue weighted by Crippen LogP contribution is 2.40. The van der Waals surface area contributed by atoms with Crippen LogP contribution in [0, 0.1) is 0 Å². The molecular formula is C13H20O4. The molecular weight excluding hydrogens is 220 g/mol. The maximum absolute atomic E-state index is 9.84. The van der Waals surface area contributed by atoms with Crippen molar-refractivity contribution in [3.8, 4) is 17.2 Å². The highest BCUT2D eigenvalue weighted by atomic mass is 16.5. The Morgan fingerprint density at radius 1 is 1.12 bits per heavy atom. The molecule has 0 aliphatic heterocycles. The Balaban J connectivity index is 3.23. The lowest BCUT2D eigenvalue weighted by Gasteiger charge is -2.17. The monoisotopic (exact) mass is 240 g/mol. The fraction of sp³-hybridized carbons (Fsp3) is 0.538. The van der Waals surface area contributed by atoms with Crippen LogP contribution < -0.4 is 14.2 Å². The summed E-state index contributed by atoms with van der Waals surface area (Å²) >= 11 is 0. The zero-order valence-corrected chi connectivity index (χ0v) is 10.8. The summed E-state index contributed by atoms with van der Waals surface area (Å²) in [6.07, 6.45) is 0.119. The molecule has 0 heterocycles. The third-order valence-corrected chi connectivity index (χ3v) is 2.54. The number of rotatable bonds is 6. The Labute approximate surface area is 102 Å². The second-order valence-corrected chi connectivity index (χ2v) is 3.61. The number of aliphatic hydroxyl groups is 1. The van der Waals surface area contributed by atoms with E-state index in [4.69, 9.17) is 14.2 Å². The molecule has 0 saturated carbocycles. The molecule has 17 heavy (non-hydrogen) atoms. The zero-order chi connectivity index (χ0) is 12.8. The highest BCUT2D eigenvalue weighted by Gasteiger charge is 2.16. The van der Waals surface area contributed by atoms with E-state index in [-0.39, 0.29) is 0 Å². The Morgan fingerprint density at radius 2 is 1.65 bits per heavy atom. The minimum Gasteiger partial charge on any atom is -0.493 e. The quantitative estimate of drug-likeness (QED) is 0.830. The molecule has 1 N–H and O–H groups in total. The van der Waals surface area contributed by atoms with Crippen LogP contribution in [0.2, 0.25) is 0 Å². The topological polar surface area (TPSA) is 47.9 Å². The maximum Gasteiger partial charge on any atom is 0.203 e. The second-order valence-electron chi connectivity index (χ2n) is 3.61. The fourth-order valence-electron chi connectivity index (χ4n) is 1.61. The number of hydrogen-bond donors (Lipinski definition) is 1. The number of methoxy groups -OCH3 is 2. The van der Waals surface area contributed by atoms with E-state index in [0.29, 0.717) is 30.3 Å². The molecule has 0 fully saturated rings. The number of hydrogen-bond acceptors (Lipinski definition) is 4. The summed E-state index contributed by atoms with van der Waals surface area (Å²) < 4.78 is 16.0. The van der Waals surface area contributed by atoms with Crippen LogP contribution in [0.25, 0.3) is 0 Å². The minimum atomic E-state index is -0.520. The lowest BCUT2D eigenvalue weighted by molar-refractivity contribution is 0.172. The van der Waals surface area contributed by atoms with E-state index in [1.807, 2.05) is 13.8 Å².